The predicted molar refractivity (Wildman–Crippen MR) is 141 cm³/mol. The van der Waals surface area contributed by atoms with E-state index in [1.165, 1.54) is 11.1 Å². The molecule has 1 aliphatic heterocycles. The molecule has 0 bridgehead atoms. The lowest BCUT2D eigenvalue weighted by atomic mass is 9.83. The average molecular weight is 468 g/mol. The van der Waals surface area contributed by atoms with E-state index in [-0.39, 0.29) is 11.8 Å². The van der Waals surface area contributed by atoms with E-state index in [1.54, 1.807) is 0 Å². The maximum Gasteiger partial charge on any atom is 0.270 e. The highest BCUT2D eigenvalue weighted by molar-refractivity contribution is 6.03. The highest BCUT2D eigenvalue weighted by atomic mass is 16.5. The highest BCUT2D eigenvalue weighted by Crippen LogP contribution is 2.40. The first-order chi connectivity index (χ1) is 17.1. The number of morpholine rings is 1. The van der Waals surface area contributed by atoms with Crippen molar-refractivity contribution < 1.29 is 9.53 Å². The van der Waals surface area contributed by atoms with Crippen LogP contribution in [0.1, 0.15) is 33.1 Å². The third-order valence-corrected chi connectivity index (χ3v) is 6.84. The summed E-state index contributed by atoms with van der Waals surface area (Å²) in [5, 5.41) is 1.14. The maximum absolute atomic E-state index is 14.3. The van der Waals surface area contributed by atoms with Crippen LogP contribution in [0.25, 0.3) is 10.9 Å². The number of carbonyl (C=O) groups is 1. The Morgan fingerprint density at radius 1 is 0.857 bits per heavy atom. The molecular weight excluding hydrogens is 434 g/mol. The number of nitrogens with zero attached hydrogens (tertiary/aromatic N) is 3. The van der Waals surface area contributed by atoms with Crippen LogP contribution in [-0.4, -0.2) is 67.2 Å². The van der Waals surface area contributed by atoms with Gasteiger partial charge in [-0.25, -0.2) is 0 Å². The Balaban J connectivity index is 1.79. The molecule has 0 saturated carbocycles. The molecule has 35 heavy (non-hydrogen) atoms. The SMILES string of the molecule is CN(C)CCn1c(C(=O)N2CCOCC2)c(C(c2ccccc2)c2ccccc2)c2ccccc21. The molecule has 5 rings (SSSR count). The summed E-state index contributed by atoms with van der Waals surface area (Å²) >= 11 is 0. The van der Waals surface area contributed by atoms with Crippen LogP contribution in [0.2, 0.25) is 0 Å². The Labute approximate surface area is 207 Å². The number of hydrogen-bond acceptors (Lipinski definition) is 3. The van der Waals surface area contributed by atoms with Crippen molar-refractivity contribution in [1.29, 1.82) is 0 Å². The number of hydrogen-bond donors (Lipinski definition) is 0. The fourth-order valence-corrected chi connectivity index (χ4v) is 5.12. The summed E-state index contributed by atoms with van der Waals surface area (Å²) in [5.41, 5.74) is 5.37. The molecule has 0 atom stereocenters. The van der Waals surface area contributed by atoms with Gasteiger partial charge in [-0.2, -0.15) is 0 Å². The number of aromatic nitrogens is 1. The fourth-order valence-electron chi connectivity index (χ4n) is 5.12. The number of amides is 1. The highest BCUT2D eigenvalue weighted by Gasteiger charge is 2.32. The zero-order chi connectivity index (χ0) is 24.2. The Bertz CT molecular complexity index is 1240. The van der Waals surface area contributed by atoms with Crippen LogP contribution in [0.4, 0.5) is 0 Å². The van der Waals surface area contributed by atoms with Gasteiger partial charge in [-0.1, -0.05) is 78.9 Å². The molecule has 180 valence electrons. The molecule has 0 N–H and O–H groups in total. The van der Waals surface area contributed by atoms with Crippen molar-refractivity contribution in [2.45, 2.75) is 12.5 Å². The fraction of sp³-hybridized carbons (Fsp3) is 0.300. The third-order valence-electron chi connectivity index (χ3n) is 6.84. The first-order valence-electron chi connectivity index (χ1n) is 12.4. The molecule has 4 aromatic rings. The Morgan fingerprint density at radius 3 is 2.03 bits per heavy atom. The molecule has 5 heteroatoms. The molecule has 1 aliphatic rings. The second-order valence-electron chi connectivity index (χ2n) is 9.39. The molecule has 1 amide bonds. The summed E-state index contributed by atoms with van der Waals surface area (Å²) in [6, 6.07) is 29.6. The number of rotatable bonds is 7. The van der Waals surface area contributed by atoms with Gasteiger partial charge in [0.05, 0.1) is 13.2 Å². The van der Waals surface area contributed by atoms with Crippen molar-refractivity contribution in [1.82, 2.24) is 14.4 Å². The van der Waals surface area contributed by atoms with Crippen LogP contribution in [0.15, 0.2) is 84.9 Å². The van der Waals surface area contributed by atoms with Crippen molar-refractivity contribution >= 4 is 16.8 Å². The minimum absolute atomic E-state index is 0.0529. The number of carbonyl (C=O) groups excluding carboxylic acids is 1. The summed E-state index contributed by atoms with van der Waals surface area (Å²) < 4.78 is 7.81. The van der Waals surface area contributed by atoms with Gasteiger partial charge in [0.25, 0.3) is 5.91 Å². The van der Waals surface area contributed by atoms with E-state index < -0.39 is 0 Å². The molecule has 1 fully saturated rings. The molecule has 0 radical (unpaired) electrons. The Kier molecular flexibility index (Phi) is 6.98. The van der Waals surface area contributed by atoms with Crippen molar-refractivity contribution in [3.8, 4) is 0 Å². The van der Waals surface area contributed by atoms with Crippen molar-refractivity contribution in [3.05, 3.63) is 107 Å². The molecule has 1 aromatic heterocycles. The standard InChI is InChI=1S/C30H33N3O2/c1-31(2)17-18-33-26-16-10-9-15-25(26)28(29(33)30(34)32-19-21-35-22-20-32)27(23-11-5-3-6-12-23)24-13-7-4-8-14-24/h3-16,27H,17-22H2,1-2H3. The van der Waals surface area contributed by atoms with Crippen LogP contribution >= 0.6 is 0 Å². The smallest absolute Gasteiger partial charge is 0.270 e. The van der Waals surface area contributed by atoms with Gasteiger partial charge in [-0.05, 0) is 31.3 Å². The van der Waals surface area contributed by atoms with Crippen LogP contribution in [0.5, 0.6) is 0 Å². The first kappa shape index (κ1) is 23.3. The van der Waals surface area contributed by atoms with Gasteiger partial charge in [0, 0.05) is 48.6 Å². The van der Waals surface area contributed by atoms with Crippen LogP contribution in [0, 0.1) is 0 Å². The summed E-state index contributed by atoms with van der Waals surface area (Å²) in [6.45, 7) is 4.00. The van der Waals surface area contributed by atoms with Gasteiger partial charge >= 0.3 is 0 Å². The van der Waals surface area contributed by atoms with Gasteiger partial charge < -0.3 is 19.1 Å². The summed E-state index contributed by atoms with van der Waals surface area (Å²) in [5.74, 6) is 0.0398. The van der Waals surface area contributed by atoms with Gasteiger partial charge in [-0.15, -0.1) is 0 Å². The summed E-state index contributed by atoms with van der Waals surface area (Å²) in [6.07, 6.45) is 0. The Hall–Kier alpha value is -3.41. The largest absolute Gasteiger partial charge is 0.378 e. The van der Waals surface area contributed by atoms with Gasteiger partial charge in [0.15, 0.2) is 0 Å². The lowest BCUT2D eigenvalue weighted by Crippen LogP contribution is -2.42. The molecule has 5 nitrogen and oxygen atoms in total. The zero-order valence-electron chi connectivity index (χ0n) is 20.6. The monoisotopic (exact) mass is 467 g/mol. The summed E-state index contributed by atoms with van der Waals surface area (Å²) in [7, 11) is 4.15. The van der Waals surface area contributed by atoms with Crippen LogP contribution in [-0.2, 0) is 11.3 Å². The molecule has 2 heterocycles. The normalized spacial score (nSPS) is 14.2. The molecular formula is C30H33N3O2. The van der Waals surface area contributed by atoms with Crippen molar-refractivity contribution in [2.75, 3.05) is 46.9 Å². The van der Waals surface area contributed by atoms with Gasteiger partial charge in [-0.3, -0.25) is 4.79 Å². The van der Waals surface area contributed by atoms with E-state index >= 15 is 0 Å². The number of para-hydroxylation sites is 1. The second kappa shape index (κ2) is 10.5. The van der Waals surface area contributed by atoms with E-state index in [2.05, 4.69) is 96.4 Å². The summed E-state index contributed by atoms with van der Waals surface area (Å²) in [4.78, 5) is 18.4. The topological polar surface area (TPSA) is 37.7 Å². The number of fused-ring (bicyclic) bond motifs is 1. The van der Waals surface area contributed by atoms with E-state index in [0.717, 1.165) is 35.2 Å². The number of benzene rings is 3. The van der Waals surface area contributed by atoms with Crippen molar-refractivity contribution in [2.24, 2.45) is 0 Å². The maximum atomic E-state index is 14.3. The predicted octanol–water partition coefficient (Wildman–Crippen LogP) is 4.86. The molecule has 0 aliphatic carbocycles. The minimum atomic E-state index is -0.0529. The number of likely N-dealkylation sites (N-methyl/N-ethyl adjacent to an activating group) is 1. The first-order valence-corrected chi connectivity index (χ1v) is 12.4. The molecule has 3 aromatic carbocycles. The second-order valence-corrected chi connectivity index (χ2v) is 9.39. The molecule has 0 unspecified atom stereocenters. The Morgan fingerprint density at radius 2 is 1.43 bits per heavy atom. The zero-order valence-corrected chi connectivity index (χ0v) is 20.6. The van der Waals surface area contributed by atoms with E-state index in [9.17, 15) is 4.79 Å². The van der Waals surface area contributed by atoms with E-state index in [0.29, 0.717) is 26.3 Å². The van der Waals surface area contributed by atoms with E-state index in [1.807, 2.05) is 17.0 Å². The van der Waals surface area contributed by atoms with Crippen LogP contribution in [0.3, 0.4) is 0 Å². The average Bonchev–Trinajstić information content (AvgIpc) is 3.23. The number of ether oxygens (including phenoxy) is 1. The van der Waals surface area contributed by atoms with Crippen molar-refractivity contribution in [3.63, 3.8) is 0 Å². The minimum Gasteiger partial charge on any atom is -0.378 e. The lowest BCUT2D eigenvalue weighted by Gasteiger charge is -2.29. The third kappa shape index (κ3) is 4.75. The lowest BCUT2D eigenvalue weighted by molar-refractivity contribution is 0.0295. The quantitative estimate of drug-likeness (QED) is 0.390. The molecule has 0 spiro atoms. The van der Waals surface area contributed by atoms with Gasteiger partial charge in [0.1, 0.15) is 5.69 Å². The molecule has 1 saturated heterocycles. The van der Waals surface area contributed by atoms with E-state index in [4.69, 9.17) is 4.74 Å². The van der Waals surface area contributed by atoms with Crippen LogP contribution < -0.4 is 0 Å². The van der Waals surface area contributed by atoms with Gasteiger partial charge in [0.2, 0.25) is 0 Å².